The third-order valence-corrected chi connectivity index (χ3v) is 3.63. The van der Waals surface area contributed by atoms with Crippen molar-refractivity contribution >= 4 is 0 Å². The van der Waals surface area contributed by atoms with E-state index in [2.05, 4.69) is 52.7 Å². The molecule has 0 bridgehead atoms. The SMILES string of the molecule is c1ccc2c(c1)Cc1cc(-c3cn[nH]c3)ccc1-2. The molecule has 0 fully saturated rings. The van der Waals surface area contributed by atoms with E-state index in [4.69, 9.17) is 0 Å². The Kier molecular flexibility index (Phi) is 1.92. The number of nitrogens with zero attached hydrogens (tertiary/aromatic N) is 1. The first-order valence-electron chi connectivity index (χ1n) is 6.12. The molecule has 1 aliphatic carbocycles. The van der Waals surface area contributed by atoms with Crippen LogP contribution in [0.1, 0.15) is 11.1 Å². The van der Waals surface area contributed by atoms with Gasteiger partial charge in [-0.1, -0.05) is 42.5 Å². The minimum atomic E-state index is 1.04. The second-order valence-electron chi connectivity index (χ2n) is 4.69. The van der Waals surface area contributed by atoms with Gasteiger partial charge in [-0.05, 0) is 34.2 Å². The smallest absolute Gasteiger partial charge is 0.0565 e. The molecule has 0 aliphatic heterocycles. The van der Waals surface area contributed by atoms with Crippen molar-refractivity contribution in [3.05, 3.63) is 66.0 Å². The largest absolute Gasteiger partial charge is 0.285 e. The van der Waals surface area contributed by atoms with Crippen LogP contribution in [0.2, 0.25) is 0 Å². The van der Waals surface area contributed by atoms with Crippen LogP contribution in [0.15, 0.2) is 54.9 Å². The quantitative estimate of drug-likeness (QED) is 0.533. The average Bonchev–Trinajstić information content (AvgIpc) is 3.05. The maximum Gasteiger partial charge on any atom is 0.0565 e. The molecule has 4 rings (SSSR count). The Labute approximate surface area is 105 Å². The molecule has 2 aromatic carbocycles. The van der Waals surface area contributed by atoms with Crippen molar-refractivity contribution in [2.45, 2.75) is 6.42 Å². The molecule has 2 nitrogen and oxygen atoms in total. The maximum absolute atomic E-state index is 4.01. The zero-order chi connectivity index (χ0) is 11.9. The Morgan fingerprint density at radius 3 is 2.67 bits per heavy atom. The molecule has 0 amide bonds. The van der Waals surface area contributed by atoms with Crippen LogP contribution in [0.5, 0.6) is 0 Å². The highest BCUT2D eigenvalue weighted by Gasteiger charge is 2.17. The second kappa shape index (κ2) is 3.57. The zero-order valence-corrected chi connectivity index (χ0v) is 9.85. The minimum absolute atomic E-state index is 1.04. The van der Waals surface area contributed by atoms with Gasteiger partial charge in [-0.15, -0.1) is 0 Å². The van der Waals surface area contributed by atoms with Gasteiger partial charge in [0, 0.05) is 11.8 Å². The molecule has 1 aliphatic rings. The highest BCUT2D eigenvalue weighted by molar-refractivity contribution is 5.79. The number of hydrogen-bond acceptors (Lipinski definition) is 1. The molecule has 0 saturated heterocycles. The highest BCUT2D eigenvalue weighted by Crippen LogP contribution is 2.38. The molecule has 3 aromatic rings. The van der Waals surface area contributed by atoms with E-state index in [0.717, 1.165) is 12.0 Å². The highest BCUT2D eigenvalue weighted by atomic mass is 15.1. The average molecular weight is 232 g/mol. The maximum atomic E-state index is 4.01. The lowest BCUT2D eigenvalue weighted by molar-refractivity contribution is 1.09. The number of hydrogen-bond donors (Lipinski definition) is 1. The fraction of sp³-hybridized carbons (Fsp3) is 0.0625. The molecule has 0 saturated carbocycles. The van der Waals surface area contributed by atoms with Crippen LogP contribution in [0.3, 0.4) is 0 Å². The van der Waals surface area contributed by atoms with Gasteiger partial charge >= 0.3 is 0 Å². The number of rotatable bonds is 1. The number of nitrogens with one attached hydrogen (secondary N) is 1. The zero-order valence-electron chi connectivity index (χ0n) is 9.85. The van der Waals surface area contributed by atoms with Crippen molar-refractivity contribution in [3.63, 3.8) is 0 Å². The van der Waals surface area contributed by atoms with Crippen LogP contribution in [0.4, 0.5) is 0 Å². The first kappa shape index (κ1) is 9.66. The molecule has 18 heavy (non-hydrogen) atoms. The Morgan fingerprint density at radius 1 is 0.889 bits per heavy atom. The summed E-state index contributed by atoms with van der Waals surface area (Å²) in [6.45, 7) is 0. The molecule has 2 heteroatoms. The Balaban J connectivity index is 1.87. The van der Waals surface area contributed by atoms with Crippen molar-refractivity contribution in [2.75, 3.05) is 0 Å². The van der Waals surface area contributed by atoms with Gasteiger partial charge in [-0.2, -0.15) is 5.10 Å². The number of benzene rings is 2. The number of H-pyrrole nitrogens is 1. The fourth-order valence-electron chi connectivity index (χ4n) is 2.73. The summed E-state index contributed by atoms with van der Waals surface area (Å²) in [7, 11) is 0. The summed E-state index contributed by atoms with van der Waals surface area (Å²) in [6, 6.07) is 15.3. The van der Waals surface area contributed by atoms with Crippen LogP contribution < -0.4 is 0 Å². The van der Waals surface area contributed by atoms with Crippen LogP contribution in [-0.4, -0.2) is 10.2 Å². The van der Waals surface area contributed by atoms with Gasteiger partial charge < -0.3 is 0 Å². The molecule has 1 N–H and O–H groups in total. The normalized spacial score (nSPS) is 12.2. The van der Waals surface area contributed by atoms with Gasteiger partial charge in [0.05, 0.1) is 6.20 Å². The van der Waals surface area contributed by atoms with Crippen molar-refractivity contribution in [2.24, 2.45) is 0 Å². The van der Waals surface area contributed by atoms with E-state index in [9.17, 15) is 0 Å². The van der Waals surface area contributed by atoms with Gasteiger partial charge in [0.2, 0.25) is 0 Å². The summed E-state index contributed by atoms with van der Waals surface area (Å²) in [4.78, 5) is 0. The van der Waals surface area contributed by atoms with Gasteiger partial charge in [0.1, 0.15) is 0 Å². The molecule has 1 heterocycles. The first-order valence-corrected chi connectivity index (χ1v) is 6.12. The van der Waals surface area contributed by atoms with E-state index < -0.39 is 0 Å². The molecular formula is C16H12N2. The minimum Gasteiger partial charge on any atom is -0.285 e. The summed E-state index contributed by atoms with van der Waals surface area (Å²) < 4.78 is 0. The lowest BCUT2D eigenvalue weighted by Gasteiger charge is -2.03. The standard InChI is InChI=1S/C16H12N2/c1-2-4-15-12(3-1)8-13-7-11(5-6-16(13)15)14-9-17-18-10-14/h1-7,9-10H,8H2,(H,17,18). The van der Waals surface area contributed by atoms with E-state index in [1.54, 1.807) is 0 Å². The molecule has 0 spiro atoms. The fourth-order valence-corrected chi connectivity index (χ4v) is 2.73. The van der Waals surface area contributed by atoms with E-state index in [-0.39, 0.29) is 0 Å². The Hall–Kier alpha value is -2.35. The summed E-state index contributed by atoms with van der Waals surface area (Å²) in [5.74, 6) is 0. The predicted octanol–water partition coefficient (Wildman–Crippen LogP) is 3.65. The van der Waals surface area contributed by atoms with E-state index in [1.165, 1.54) is 27.8 Å². The molecule has 1 aromatic heterocycles. The van der Waals surface area contributed by atoms with Crippen molar-refractivity contribution in [1.29, 1.82) is 0 Å². The number of fused-ring (bicyclic) bond motifs is 3. The summed E-state index contributed by atoms with van der Waals surface area (Å²) >= 11 is 0. The van der Waals surface area contributed by atoms with E-state index in [1.807, 2.05) is 12.4 Å². The third kappa shape index (κ3) is 1.32. The van der Waals surface area contributed by atoms with Gasteiger partial charge in [-0.25, -0.2) is 0 Å². The second-order valence-corrected chi connectivity index (χ2v) is 4.69. The van der Waals surface area contributed by atoms with Gasteiger partial charge in [0.15, 0.2) is 0 Å². The summed E-state index contributed by atoms with van der Waals surface area (Å²) in [5.41, 5.74) is 7.97. The van der Waals surface area contributed by atoms with Crippen LogP contribution in [0.25, 0.3) is 22.3 Å². The Bertz CT molecular complexity index is 712. The monoisotopic (exact) mass is 232 g/mol. The third-order valence-electron chi connectivity index (χ3n) is 3.63. The van der Waals surface area contributed by atoms with E-state index >= 15 is 0 Å². The van der Waals surface area contributed by atoms with Gasteiger partial charge in [0.25, 0.3) is 0 Å². The van der Waals surface area contributed by atoms with Crippen molar-refractivity contribution < 1.29 is 0 Å². The van der Waals surface area contributed by atoms with Crippen molar-refractivity contribution in [3.8, 4) is 22.3 Å². The number of aromatic amines is 1. The van der Waals surface area contributed by atoms with E-state index in [0.29, 0.717) is 0 Å². The lowest BCUT2D eigenvalue weighted by Crippen LogP contribution is -1.82. The lowest BCUT2D eigenvalue weighted by atomic mass is 10.0. The predicted molar refractivity (Wildman–Crippen MR) is 72.3 cm³/mol. The van der Waals surface area contributed by atoms with Crippen LogP contribution >= 0.6 is 0 Å². The molecule has 86 valence electrons. The topological polar surface area (TPSA) is 28.7 Å². The van der Waals surface area contributed by atoms with Crippen LogP contribution in [-0.2, 0) is 6.42 Å². The summed E-state index contributed by atoms with van der Waals surface area (Å²) in [5, 5.41) is 6.87. The van der Waals surface area contributed by atoms with Crippen LogP contribution in [0, 0.1) is 0 Å². The first-order chi connectivity index (χ1) is 8.92. The Morgan fingerprint density at radius 2 is 1.78 bits per heavy atom. The number of aromatic nitrogens is 2. The van der Waals surface area contributed by atoms with Gasteiger partial charge in [-0.3, -0.25) is 5.10 Å². The molecular weight excluding hydrogens is 220 g/mol. The summed E-state index contributed by atoms with van der Waals surface area (Å²) in [6.07, 6.45) is 4.84. The molecule has 0 radical (unpaired) electrons. The molecule has 0 atom stereocenters. The molecule has 0 unspecified atom stereocenters. The van der Waals surface area contributed by atoms with Crippen molar-refractivity contribution in [1.82, 2.24) is 10.2 Å².